The second-order valence-corrected chi connectivity index (χ2v) is 6.35. The molecule has 0 saturated heterocycles. The molecule has 0 spiro atoms. The molecule has 5 rings (SSSR count). The molecule has 0 aliphatic heterocycles. The lowest BCUT2D eigenvalue weighted by molar-refractivity contribution is 0.669. The number of hydrogen-bond acceptors (Lipinski definition) is 1. The Hall–Kier alpha value is -3.06. The van der Waals surface area contributed by atoms with Crippen molar-refractivity contribution in [3.63, 3.8) is 0 Å². The maximum Gasteiger partial charge on any atom is 0.143 e. The minimum atomic E-state index is 0.957. The molecule has 0 bridgehead atoms. The molecule has 0 unspecified atom stereocenters. The van der Waals surface area contributed by atoms with Crippen LogP contribution in [0.15, 0.2) is 83.3 Å². The molecule has 0 fully saturated rings. The van der Waals surface area contributed by atoms with Crippen molar-refractivity contribution in [2.24, 2.45) is 0 Å². The average Bonchev–Trinajstić information content (AvgIpc) is 2.98. The van der Waals surface area contributed by atoms with Crippen LogP contribution in [0.5, 0.6) is 0 Å². The maximum atomic E-state index is 6.23. The summed E-state index contributed by atoms with van der Waals surface area (Å²) in [4.78, 5) is 0. The van der Waals surface area contributed by atoms with Gasteiger partial charge in [0.1, 0.15) is 11.2 Å². The highest BCUT2D eigenvalue weighted by molar-refractivity contribution is 6.10. The number of fused-ring (bicyclic) bond motifs is 4. The summed E-state index contributed by atoms with van der Waals surface area (Å²) >= 11 is 0. The highest BCUT2D eigenvalue weighted by atomic mass is 16.3. The molecular formula is C23H16O. The highest BCUT2D eigenvalue weighted by Crippen LogP contribution is 2.36. The summed E-state index contributed by atoms with van der Waals surface area (Å²) in [6.45, 7) is 2.09. The van der Waals surface area contributed by atoms with E-state index >= 15 is 0 Å². The molecule has 5 aromatic rings. The van der Waals surface area contributed by atoms with Gasteiger partial charge in [0.2, 0.25) is 0 Å². The van der Waals surface area contributed by atoms with Gasteiger partial charge in [-0.1, -0.05) is 66.7 Å². The molecule has 0 atom stereocenters. The fraction of sp³-hybridized carbons (Fsp3) is 0.0435. The molecule has 0 radical (unpaired) electrons. The fourth-order valence-corrected chi connectivity index (χ4v) is 3.49. The van der Waals surface area contributed by atoms with E-state index in [1.807, 2.05) is 0 Å². The van der Waals surface area contributed by atoms with Crippen LogP contribution in [0, 0.1) is 6.92 Å². The van der Waals surface area contributed by atoms with Gasteiger partial charge in [-0.2, -0.15) is 0 Å². The van der Waals surface area contributed by atoms with Crippen molar-refractivity contribution in [1.82, 2.24) is 0 Å². The molecular weight excluding hydrogens is 292 g/mol. The minimum absolute atomic E-state index is 0.957. The average molecular weight is 308 g/mol. The van der Waals surface area contributed by atoms with Crippen LogP contribution in [0.4, 0.5) is 0 Å². The monoisotopic (exact) mass is 308 g/mol. The van der Waals surface area contributed by atoms with Crippen LogP contribution in [-0.2, 0) is 0 Å². The second-order valence-electron chi connectivity index (χ2n) is 6.35. The van der Waals surface area contributed by atoms with E-state index in [2.05, 4.69) is 85.8 Å². The zero-order valence-electron chi connectivity index (χ0n) is 13.4. The van der Waals surface area contributed by atoms with Crippen molar-refractivity contribution in [3.8, 4) is 11.1 Å². The van der Waals surface area contributed by atoms with Crippen molar-refractivity contribution in [2.75, 3.05) is 0 Å². The van der Waals surface area contributed by atoms with E-state index in [-0.39, 0.29) is 0 Å². The zero-order chi connectivity index (χ0) is 16.1. The molecule has 24 heavy (non-hydrogen) atoms. The smallest absolute Gasteiger partial charge is 0.143 e. The summed E-state index contributed by atoms with van der Waals surface area (Å²) in [7, 11) is 0. The first-order valence-electron chi connectivity index (χ1n) is 8.21. The third kappa shape index (κ3) is 1.95. The summed E-state index contributed by atoms with van der Waals surface area (Å²) in [5.74, 6) is 0. The van der Waals surface area contributed by atoms with E-state index in [0.29, 0.717) is 0 Å². The Morgan fingerprint density at radius 2 is 1.54 bits per heavy atom. The lowest BCUT2D eigenvalue weighted by atomic mass is 9.99. The Labute approximate surface area is 140 Å². The van der Waals surface area contributed by atoms with E-state index in [0.717, 1.165) is 16.7 Å². The molecule has 0 N–H and O–H groups in total. The molecule has 1 heterocycles. The van der Waals surface area contributed by atoms with Gasteiger partial charge in [0.05, 0.1) is 0 Å². The predicted molar refractivity (Wildman–Crippen MR) is 101 cm³/mol. The van der Waals surface area contributed by atoms with Gasteiger partial charge < -0.3 is 4.42 Å². The van der Waals surface area contributed by atoms with Crippen LogP contribution in [0.25, 0.3) is 43.8 Å². The number of aryl methyl sites for hydroxylation is 1. The number of para-hydroxylation sites is 1. The Kier molecular flexibility index (Phi) is 2.77. The third-order valence-corrected chi connectivity index (χ3v) is 4.71. The van der Waals surface area contributed by atoms with Gasteiger partial charge in [0.15, 0.2) is 0 Å². The van der Waals surface area contributed by atoms with Gasteiger partial charge in [-0.3, -0.25) is 0 Å². The van der Waals surface area contributed by atoms with Gasteiger partial charge in [0, 0.05) is 16.3 Å². The second kappa shape index (κ2) is 4.97. The first-order valence-corrected chi connectivity index (χ1v) is 8.21. The molecule has 114 valence electrons. The van der Waals surface area contributed by atoms with Gasteiger partial charge in [-0.25, -0.2) is 0 Å². The molecule has 1 nitrogen and oxygen atoms in total. The Morgan fingerprint density at radius 3 is 2.46 bits per heavy atom. The van der Waals surface area contributed by atoms with E-state index in [1.165, 1.54) is 32.7 Å². The van der Waals surface area contributed by atoms with Crippen molar-refractivity contribution in [3.05, 3.63) is 84.4 Å². The standard InChI is InChI=1S/C23H16O/c1-15-9-12-20-21-8-4-7-19(23(21)24-22(20)13-15)18-11-10-16-5-2-3-6-17(16)14-18/h2-14H,1H3. The summed E-state index contributed by atoms with van der Waals surface area (Å²) < 4.78 is 6.23. The summed E-state index contributed by atoms with van der Waals surface area (Å²) in [5, 5.41) is 4.86. The van der Waals surface area contributed by atoms with Gasteiger partial charge in [0.25, 0.3) is 0 Å². The van der Waals surface area contributed by atoms with E-state index < -0.39 is 0 Å². The van der Waals surface area contributed by atoms with Crippen LogP contribution in [0.2, 0.25) is 0 Å². The molecule has 0 saturated carbocycles. The van der Waals surface area contributed by atoms with Gasteiger partial charge in [-0.15, -0.1) is 0 Å². The number of benzene rings is 4. The first kappa shape index (κ1) is 13.4. The molecule has 0 aliphatic rings. The van der Waals surface area contributed by atoms with Crippen molar-refractivity contribution < 1.29 is 4.42 Å². The van der Waals surface area contributed by atoms with Crippen LogP contribution in [0.3, 0.4) is 0 Å². The summed E-state index contributed by atoms with van der Waals surface area (Å²) in [5.41, 5.74) is 5.47. The lowest BCUT2D eigenvalue weighted by Crippen LogP contribution is -1.80. The topological polar surface area (TPSA) is 13.1 Å². The quantitative estimate of drug-likeness (QED) is 0.335. The number of rotatable bonds is 1. The molecule has 1 heteroatoms. The summed E-state index contributed by atoms with van der Waals surface area (Å²) in [6.07, 6.45) is 0. The SMILES string of the molecule is Cc1ccc2c(c1)oc1c(-c3ccc4ccccc4c3)cccc12. The van der Waals surface area contributed by atoms with Gasteiger partial charge in [-0.05, 0) is 41.0 Å². The number of hydrogen-bond donors (Lipinski definition) is 0. The van der Waals surface area contributed by atoms with Crippen LogP contribution < -0.4 is 0 Å². The fourth-order valence-electron chi connectivity index (χ4n) is 3.49. The minimum Gasteiger partial charge on any atom is -0.455 e. The lowest BCUT2D eigenvalue weighted by Gasteiger charge is -2.05. The highest BCUT2D eigenvalue weighted by Gasteiger charge is 2.12. The zero-order valence-corrected chi connectivity index (χ0v) is 13.4. The molecule has 4 aromatic carbocycles. The van der Waals surface area contributed by atoms with E-state index in [9.17, 15) is 0 Å². The van der Waals surface area contributed by atoms with Crippen molar-refractivity contribution >= 4 is 32.7 Å². The molecule has 0 amide bonds. The molecule has 0 aliphatic carbocycles. The maximum absolute atomic E-state index is 6.23. The van der Waals surface area contributed by atoms with Crippen molar-refractivity contribution in [2.45, 2.75) is 6.92 Å². The predicted octanol–water partition coefficient (Wildman–Crippen LogP) is 6.71. The third-order valence-electron chi connectivity index (χ3n) is 4.71. The largest absolute Gasteiger partial charge is 0.455 e. The van der Waals surface area contributed by atoms with Crippen molar-refractivity contribution in [1.29, 1.82) is 0 Å². The molecule has 1 aromatic heterocycles. The Bertz CT molecular complexity index is 1210. The van der Waals surface area contributed by atoms with Crippen LogP contribution in [0.1, 0.15) is 5.56 Å². The normalized spacial score (nSPS) is 11.5. The van der Waals surface area contributed by atoms with Crippen LogP contribution >= 0.6 is 0 Å². The Balaban J connectivity index is 1.83. The number of furan rings is 1. The van der Waals surface area contributed by atoms with E-state index in [4.69, 9.17) is 4.42 Å². The summed E-state index contributed by atoms with van der Waals surface area (Å²) in [6, 6.07) is 27.8. The van der Waals surface area contributed by atoms with Gasteiger partial charge >= 0.3 is 0 Å². The first-order chi connectivity index (χ1) is 11.8. The Morgan fingerprint density at radius 1 is 0.667 bits per heavy atom. The van der Waals surface area contributed by atoms with E-state index in [1.54, 1.807) is 0 Å². The van der Waals surface area contributed by atoms with Crippen LogP contribution in [-0.4, -0.2) is 0 Å².